The maximum absolute atomic E-state index is 14.6. The van der Waals surface area contributed by atoms with E-state index in [2.05, 4.69) is 20.9 Å². The van der Waals surface area contributed by atoms with Gasteiger partial charge in [-0.05, 0) is 86.7 Å². The average Bonchev–Trinajstić information content (AvgIpc) is 3.88. The molecule has 1 aliphatic heterocycles. The number of amides is 3. The molecule has 3 amide bonds. The number of hydrogen-bond donors (Lipinski definition) is 3. The molecule has 2 heterocycles. The Labute approximate surface area is 337 Å². The van der Waals surface area contributed by atoms with Crippen LogP contribution in [0.1, 0.15) is 59.5 Å². The molecule has 0 saturated carbocycles. The number of ether oxygens (including phenoxy) is 2. The van der Waals surface area contributed by atoms with E-state index in [1.54, 1.807) is 36.4 Å². The van der Waals surface area contributed by atoms with E-state index in [4.69, 9.17) is 25.5 Å². The Kier molecular flexibility index (Phi) is 14.8. The van der Waals surface area contributed by atoms with E-state index in [-0.39, 0.29) is 38.5 Å². The number of unbranched alkanes of at least 4 members (excludes halogenated alkanes) is 1. The first-order valence-corrected chi connectivity index (χ1v) is 19.7. The molecule has 1 aliphatic rings. The number of aromatic nitrogens is 1. The van der Waals surface area contributed by atoms with Gasteiger partial charge in [-0.15, -0.1) is 0 Å². The van der Waals surface area contributed by atoms with E-state index < -0.39 is 47.9 Å². The highest BCUT2D eigenvalue weighted by atomic mass is 35.5. The van der Waals surface area contributed by atoms with Crippen molar-refractivity contribution in [3.63, 3.8) is 0 Å². The molecule has 0 radical (unpaired) electrons. The Morgan fingerprint density at radius 1 is 0.807 bits per heavy atom. The minimum Gasteiger partial charge on any atom is -0.445 e. The van der Waals surface area contributed by atoms with Crippen LogP contribution in [0.2, 0.25) is 5.02 Å². The number of hydrogen-bond acceptors (Lipinski definition) is 9. The van der Waals surface area contributed by atoms with E-state index in [1.165, 1.54) is 4.90 Å². The molecule has 4 aromatic carbocycles. The van der Waals surface area contributed by atoms with E-state index in [1.807, 2.05) is 79.8 Å². The molecule has 13 heteroatoms. The largest absolute Gasteiger partial charge is 0.445 e. The van der Waals surface area contributed by atoms with Gasteiger partial charge in [0.25, 0.3) is 5.89 Å². The van der Waals surface area contributed by atoms with Gasteiger partial charge in [0.1, 0.15) is 24.2 Å². The van der Waals surface area contributed by atoms with Crippen molar-refractivity contribution in [1.29, 1.82) is 0 Å². The van der Waals surface area contributed by atoms with E-state index in [9.17, 15) is 19.2 Å². The second kappa shape index (κ2) is 20.6. The predicted octanol–water partition coefficient (Wildman–Crippen LogP) is 6.65. The Balaban J connectivity index is 1.23. The number of carbonyl (C=O) groups is 4. The second-order valence-electron chi connectivity index (χ2n) is 14.1. The number of rotatable bonds is 19. The highest BCUT2D eigenvalue weighted by Gasteiger charge is 2.43. The number of alkyl carbamates (subject to hydrolysis) is 1. The Hall–Kier alpha value is -5.56. The van der Waals surface area contributed by atoms with Gasteiger partial charge in [0.05, 0.1) is 18.8 Å². The van der Waals surface area contributed by atoms with Crippen molar-refractivity contribution in [2.75, 3.05) is 20.1 Å². The number of fused-ring (bicyclic) bond motifs is 1. The zero-order chi connectivity index (χ0) is 40.0. The third-order valence-corrected chi connectivity index (χ3v) is 10.2. The van der Waals surface area contributed by atoms with Gasteiger partial charge < -0.3 is 34.7 Å². The van der Waals surface area contributed by atoms with Gasteiger partial charge in [0.15, 0.2) is 5.58 Å². The van der Waals surface area contributed by atoms with E-state index in [0.29, 0.717) is 35.4 Å². The van der Waals surface area contributed by atoms with E-state index in [0.717, 1.165) is 29.7 Å². The minimum atomic E-state index is -1.03. The van der Waals surface area contributed by atoms with Crippen LogP contribution >= 0.6 is 11.6 Å². The first-order chi connectivity index (χ1) is 27.8. The van der Waals surface area contributed by atoms with Crippen LogP contribution in [0.3, 0.4) is 0 Å². The summed E-state index contributed by atoms with van der Waals surface area (Å²) in [5.41, 5.74) is 3.65. The molecule has 0 bridgehead atoms. The van der Waals surface area contributed by atoms with Crippen LogP contribution in [-0.4, -0.2) is 77.9 Å². The van der Waals surface area contributed by atoms with Gasteiger partial charge in [-0.2, -0.15) is 0 Å². The number of nitrogens with one attached hydrogen (secondary N) is 3. The number of aryl methyl sites for hydroxylation is 1. The molecule has 57 heavy (non-hydrogen) atoms. The normalized spacial score (nSPS) is 16.2. The number of carbonyl (C=O) groups excluding carboxylic acids is 4. The lowest BCUT2D eigenvalue weighted by Gasteiger charge is -2.29. The Morgan fingerprint density at radius 2 is 1.49 bits per heavy atom. The Bertz CT molecular complexity index is 2050. The molecular weight excluding hydrogens is 746 g/mol. The fraction of sp³-hybridized carbons (Fsp3) is 0.341. The summed E-state index contributed by atoms with van der Waals surface area (Å²) in [5, 5.41) is 9.45. The molecular formula is C44H48ClN5O7. The van der Waals surface area contributed by atoms with Crippen molar-refractivity contribution in [2.45, 2.75) is 76.0 Å². The molecule has 1 saturated heterocycles. The van der Waals surface area contributed by atoms with Gasteiger partial charge in [0.2, 0.25) is 17.6 Å². The summed E-state index contributed by atoms with van der Waals surface area (Å²) < 4.78 is 17.6. The third-order valence-electron chi connectivity index (χ3n) is 9.92. The smallest absolute Gasteiger partial charge is 0.408 e. The quantitative estimate of drug-likeness (QED) is 0.0617. The number of Topliss-reactive ketones (excluding diaryl/α,β-unsaturated/α-hetero) is 1. The van der Waals surface area contributed by atoms with Crippen molar-refractivity contribution in [2.24, 2.45) is 0 Å². The minimum absolute atomic E-state index is 0.0193. The topological polar surface area (TPSA) is 152 Å². The molecule has 3 N–H and O–H groups in total. The van der Waals surface area contributed by atoms with Gasteiger partial charge in [-0.3, -0.25) is 14.4 Å². The molecule has 298 valence electrons. The number of likely N-dealkylation sites (tertiary alicyclic amines) is 1. The Morgan fingerprint density at radius 3 is 2.21 bits per heavy atom. The predicted molar refractivity (Wildman–Crippen MR) is 217 cm³/mol. The first-order valence-electron chi connectivity index (χ1n) is 19.3. The van der Waals surface area contributed by atoms with Crippen LogP contribution in [0.15, 0.2) is 114 Å². The van der Waals surface area contributed by atoms with Gasteiger partial charge in [0, 0.05) is 18.0 Å². The van der Waals surface area contributed by atoms with E-state index >= 15 is 0 Å². The summed E-state index contributed by atoms with van der Waals surface area (Å²) in [7, 11) is 1.85. The monoisotopic (exact) mass is 793 g/mol. The highest BCUT2D eigenvalue weighted by molar-refractivity contribution is 6.30. The molecule has 1 fully saturated rings. The van der Waals surface area contributed by atoms with Crippen LogP contribution in [0, 0.1) is 0 Å². The van der Waals surface area contributed by atoms with Crippen LogP contribution in [0.4, 0.5) is 4.79 Å². The number of ketones is 1. The van der Waals surface area contributed by atoms with Crippen LogP contribution in [0.25, 0.3) is 11.1 Å². The first kappa shape index (κ1) is 41.1. The summed E-state index contributed by atoms with van der Waals surface area (Å²) in [6.45, 7) is 1.06. The van der Waals surface area contributed by atoms with Crippen LogP contribution in [0.5, 0.6) is 0 Å². The third kappa shape index (κ3) is 11.7. The van der Waals surface area contributed by atoms with Gasteiger partial charge >= 0.3 is 6.09 Å². The average molecular weight is 794 g/mol. The number of halogens is 1. The number of oxazole rings is 1. The zero-order valence-electron chi connectivity index (χ0n) is 31.9. The van der Waals surface area contributed by atoms with Crippen molar-refractivity contribution >= 4 is 46.4 Å². The molecule has 5 aromatic rings. The summed E-state index contributed by atoms with van der Waals surface area (Å²) in [5.74, 6) is -1.54. The number of para-hydroxylation sites is 2. The molecule has 0 aliphatic carbocycles. The fourth-order valence-electron chi connectivity index (χ4n) is 6.84. The maximum Gasteiger partial charge on any atom is 0.408 e. The van der Waals surface area contributed by atoms with Crippen LogP contribution in [-0.2, 0) is 38.7 Å². The molecule has 0 unspecified atom stereocenters. The SMILES string of the molecule is CNCCCC[C@H](NC(=O)[C@@H]1C[C@@H](OCc2ccc(Cl)cc2)CN1C(=O)[C@@H](CCc1ccccc1)NC(=O)OCc1ccccc1)C(=O)c1nc2ccccc2o1. The van der Waals surface area contributed by atoms with Crippen molar-refractivity contribution < 1.29 is 33.1 Å². The highest BCUT2D eigenvalue weighted by Crippen LogP contribution is 2.25. The van der Waals surface area contributed by atoms with Crippen molar-refractivity contribution in [1.82, 2.24) is 25.8 Å². The fourth-order valence-corrected chi connectivity index (χ4v) is 6.96. The summed E-state index contributed by atoms with van der Waals surface area (Å²) in [4.78, 5) is 62.1. The van der Waals surface area contributed by atoms with Crippen LogP contribution < -0.4 is 16.0 Å². The molecule has 0 spiro atoms. The van der Waals surface area contributed by atoms with Gasteiger partial charge in [-0.25, -0.2) is 9.78 Å². The standard InChI is InChI=1S/C44H48ClN5O7/c1-46-25-11-10-17-36(40(51)42-48-35-16-8-9-18-39(35)57-42)47-41(52)38-26-34(55-28-32-19-22-33(45)23-20-32)27-50(38)43(53)37(24-21-30-12-4-2-5-13-30)49-44(54)56-29-31-14-6-3-7-15-31/h2-9,12-16,18-20,22-23,34,36-38,46H,10-11,17,21,24-29H2,1H3,(H,47,52)(H,49,54)/t34-,36+,37-,38+/m1/s1. The maximum atomic E-state index is 14.6. The second-order valence-corrected chi connectivity index (χ2v) is 14.5. The zero-order valence-corrected chi connectivity index (χ0v) is 32.7. The lowest BCUT2D eigenvalue weighted by atomic mass is 10.0. The summed E-state index contributed by atoms with van der Waals surface area (Å²) >= 11 is 6.09. The van der Waals surface area contributed by atoms with Crippen molar-refractivity contribution in [3.8, 4) is 0 Å². The lowest BCUT2D eigenvalue weighted by Crippen LogP contribution is -2.55. The molecule has 6 rings (SSSR count). The lowest BCUT2D eigenvalue weighted by molar-refractivity contribution is -0.140. The van der Waals surface area contributed by atoms with Crippen molar-refractivity contribution in [3.05, 3.63) is 137 Å². The molecule has 12 nitrogen and oxygen atoms in total. The molecule has 1 aromatic heterocycles. The molecule has 4 atom stereocenters. The summed E-state index contributed by atoms with van der Waals surface area (Å²) in [6, 6.07) is 30.2. The number of benzene rings is 4. The number of nitrogens with zero attached hydrogens (tertiary/aromatic N) is 2. The summed E-state index contributed by atoms with van der Waals surface area (Å²) in [6.07, 6.45) is 1.34. The van der Waals surface area contributed by atoms with Gasteiger partial charge in [-0.1, -0.05) is 96.5 Å².